The van der Waals surface area contributed by atoms with Gasteiger partial charge in [0, 0.05) is 18.8 Å². The predicted octanol–water partition coefficient (Wildman–Crippen LogP) is 3.14. The van der Waals surface area contributed by atoms with Crippen molar-refractivity contribution in [3.63, 3.8) is 0 Å². The Kier molecular flexibility index (Phi) is 4.44. The Hall–Kier alpha value is -1.82. The third-order valence-corrected chi connectivity index (χ3v) is 2.90. The largest absolute Gasteiger partial charge is 0.433 e. The fourth-order valence-electron chi connectivity index (χ4n) is 1.94. The van der Waals surface area contributed by atoms with E-state index in [0.717, 1.165) is 6.07 Å². The zero-order valence-electron chi connectivity index (χ0n) is 10.9. The van der Waals surface area contributed by atoms with Gasteiger partial charge in [-0.3, -0.25) is 0 Å². The number of nitrogens with zero attached hydrogens (tertiary/aromatic N) is 2. The first-order valence-corrected chi connectivity index (χ1v) is 6.22. The number of aromatic nitrogens is 1. The summed E-state index contributed by atoms with van der Waals surface area (Å²) in [5.74, 6) is 0. The van der Waals surface area contributed by atoms with Gasteiger partial charge >= 0.3 is 6.18 Å². The van der Waals surface area contributed by atoms with E-state index in [-0.39, 0.29) is 5.69 Å². The minimum absolute atomic E-state index is 0.265. The third kappa shape index (κ3) is 3.60. The van der Waals surface area contributed by atoms with Gasteiger partial charge in [-0.15, -0.1) is 0 Å². The third-order valence-electron chi connectivity index (χ3n) is 2.90. The van der Waals surface area contributed by atoms with Gasteiger partial charge < -0.3 is 9.64 Å². The minimum Gasteiger partial charge on any atom is -0.378 e. The highest BCUT2D eigenvalue weighted by atomic mass is 19.4. The normalized spacial score (nSPS) is 16.6. The Morgan fingerprint density at radius 2 is 1.95 bits per heavy atom. The molecule has 0 bridgehead atoms. The maximum atomic E-state index is 12.9. The summed E-state index contributed by atoms with van der Waals surface area (Å²) in [6, 6.07) is 2.72. The van der Waals surface area contributed by atoms with Crippen LogP contribution in [0.1, 0.15) is 11.4 Å². The molecule has 0 spiro atoms. The Balaban J connectivity index is 2.39. The molecule has 0 saturated carbocycles. The minimum atomic E-state index is -4.46. The zero-order chi connectivity index (χ0) is 14.6. The molecule has 1 aromatic heterocycles. The monoisotopic (exact) mass is 284 g/mol. The number of ether oxygens (including phenoxy) is 1. The van der Waals surface area contributed by atoms with Gasteiger partial charge in [-0.1, -0.05) is 18.7 Å². The number of hydrogen-bond donors (Lipinski definition) is 0. The van der Waals surface area contributed by atoms with Crippen LogP contribution in [0.5, 0.6) is 0 Å². The van der Waals surface area contributed by atoms with Crippen LogP contribution in [0.2, 0.25) is 0 Å². The smallest absolute Gasteiger partial charge is 0.378 e. The number of anilines is 1. The molecule has 2 rings (SSSR count). The molecule has 0 unspecified atom stereocenters. The average Bonchev–Trinajstić information content (AvgIpc) is 2.45. The molecule has 1 aromatic rings. The van der Waals surface area contributed by atoms with Gasteiger partial charge in [-0.2, -0.15) is 13.2 Å². The maximum Gasteiger partial charge on any atom is 0.433 e. The Morgan fingerprint density at radius 3 is 2.55 bits per heavy atom. The van der Waals surface area contributed by atoms with Crippen LogP contribution in [-0.4, -0.2) is 31.3 Å². The van der Waals surface area contributed by atoms with Crippen molar-refractivity contribution in [2.24, 2.45) is 0 Å². The standard InChI is InChI=1S/C14H15F3N2O/c1-2-3-4-11-9-12(19-5-7-20-8-6-19)10-13(18-11)14(15,16)17/h2-4,9-10H,1,5-8H2/b4-3+. The van der Waals surface area contributed by atoms with Crippen LogP contribution in [0.4, 0.5) is 18.9 Å². The van der Waals surface area contributed by atoms with Gasteiger partial charge in [-0.05, 0) is 18.2 Å². The van der Waals surface area contributed by atoms with Crippen molar-refractivity contribution in [3.05, 3.63) is 42.3 Å². The highest BCUT2D eigenvalue weighted by molar-refractivity contribution is 5.57. The second kappa shape index (κ2) is 6.09. The van der Waals surface area contributed by atoms with E-state index in [1.54, 1.807) is 12.1 Å². The summed E-state index contributed by atoms with van der Waals surface area (Å²) in [7, 11) is 0. The summed E-state index contributed by atoms with van der Waals surface area (Å²) in [5, 5.41) is 0. The maximum absolute atomic E-state index is 12.9. The number of pyridine rings is 1. The summed E-state index contributed by atoms with van der Waals surface area (Å²) >= 11 is 0. The molecule has 2 heterocycles. The van der Waals surface area contributed by atoms with Gasteiger partial charge in [0.05, 0.1) is 18.9 Å². The van der Waals surface area contributed by atoms with E-state index in [0.29, 0.717) is 32.0 Å². The van der Waals surface area contributed by atoms with E-state index in [1.807, 2.05) is 4.90 Å². The second-order valence-corrected chi connectivity index (χ2v) is 4.33. The lowest BCUT2D eigenvalue weighted by atomic mass is 10.2. The lowest BCUT2D eigenvalue weighted by Gasteiger charge is -2.29. The molecule has 0 radical (unpaired) electrons. The van der Waals surface area contributed by atoms with Crippen molar-refractivity contribution < 1.29 is 17.9 Å². The van der Waals surface area contributed by atoms with Gasteiger partial charge in [0.1, 0.15) is 5.69 Å². The molecule has 0 aromatic carbocycles. The summed E-state index contributed by atoms with van der Waals surface area (Å²) < 4.78 is 43.9. The predicted molar refractivity (Wildman–Crippen MR) is 71.5 cm³/mol. The van der Waals surface area contributed by atoms with Crippen molar-refractivity contribution in [3.8, 4) is 0 Å². The van der Waals surface area contributed by atoms with Crippen LogP contribution >= 0.6 is 0 Å². The van der Waals surface area contributed by atoms with E-state index in [4.69, 9.17) is 4.74 Å². The lowest BCUT2D eigenvalue weighted by Crippen LogP contribution is -2.36. The first-order chi connectivity index (χ1) is 9.50. The van der Waals surface area contributed by atoms with Crippen molar-refractivity contribution in [2.45, 2.75) is 6.18 Å². The molecule has 0 aliphatic carbocycles. The molecule has 20 heavy (non-hydrogen) atoms. The number of halogens is 3. The first kappa shape index (κ1) is 14.6. The van der Waals surface area contributed by atoms with E-state index < -0.39 is 11.9 Å². The van der Waals surface area contributed by atoms with Gasteiger partial charge in [-0.25, -0.2) is 4.98 Å². The van der Waals surface area contributed by atoms with E-state index >= 15 is 0 Å². The van der Waals surface area contributed by atoms with Crippen LogP contribution in [0.25, 0.3) is 6.08 Å². The number of rotatable bonds is 3. The lowest BCUT2D eigenvalue weighted by molar-refractivity contribution is -0.141. The van der Waals surface area contributed by atoms with Crippen LogP contribution in [-0.2, 0) is 10.9 Å². The van der Waals surface area contributed by atoms with Crippen molar-refractivity contribution >= 4 is 11.8 Å². The van der Waals surface area contributed by atoms with Crippen molar-refractivity contribution in [1.29, 1.82) is 0 Å². The fraction of sp³-hybridized carbons (Fsp3) is 0.357. The Bertz CT molecular complexity index is 506. The number of allylic oxidation sites excluding steroid dienone is 2. The first-order valence-electron chi connectivity index (χ1n) is 6.22. The molecule has 1 saturated heterocycles. The molecule has 3 nitrogen and oxygen atoms in total. The average molecular weight is 284 g/mol. The topological polar surface area (TPSA) is 25.4 Å². The second-order valence-electron chi connectivity index (χ2n) is 4.33. The number of hydrogen-bond acceptors (Lipinski definition) is 3. The zero-order valence-corrected chi connectivity index (χ0v) is 10.9. The molecular weight excluding hydrogens is 269 g/mol. The molecule has 0 N–H and O–H groups in total. The quantitative estimate of drug-likeness (QED) is 0.797. The SMILES string of the molecule is C=C/C=C/c1cc(N2CCOCC2)cc(C(F)(F)F)n1. The molecular formula is C14H15F3N2O. The molecule has 0 atom stereocenters. The van der Waals surface area contributed by atoms with Gasteiger partial charge in [0.2, 0.25) is 0 Å². The molecule has 1 fully saturated rings. The van der Waals surface area contributed by atoms with E-state index in [9.17, 15) is 13.2 Å². The molecule has 6 heteroatoms. The van der Waals surface area contributed by atoms with Crippen LogP contribution in [0.3, 0.4) is 0 Å². The number of alkyl halides is 3. The summed E-state index contributed by atoms with van der Waals surface area (Å²) in [6.45, 7) is 5.68. The van der Waals surface area contributed by atoms with E-state index in [1.165, 1.54) is 12.2 Å². The van der Waals surface area contributed by atoms with Crippen molar-refractivity contribution in [2.75, 3.05) is 31.2 Å². The fourth-order valence-corrected chi connectivity index (χ4v) is 1.94. The van der Waals surface area contributed by atoms with E-state index in [2.05, 4.69) is 11.6 Å². The summed E-state index contributed by atoms with van der Waals surface area (Å²) in [4.78, 5) is 5.49. The molecule has 108 valence electrons. The summed E-state index contributed by atoms with van der Waals surface area (Å²) in [6.07, 6.45) is 0.104. The van der Waals surface area contributed by atoms with Crippen molar-refractivity contribution in [1.82, 2.24) is 4.98 Å². The van der Waals surface area contributed by atoms with Crippen LogP contribution in [0.15, 0.2) is 30.9 Å². The molecule has 0 amide bonds. The molecule has 1 aliphatic heterocycles. The highest BCUT2D eigenvalue weighted by Crippen LogP contribution is 2.31. The Morgan fingerprint density at radius 1 is 1.25 bits per heavy atom. The van der Waals surface area contributed by atoms with Crippen LogP contribution in [0, 0.1) is 0 Å². The Labute approximate surface area is 115 Å². The molecule has 1 aliphatic rings. The highest BCUT2D eigenvalue weighted by Gasteiger charge is 2.33. The van der Waals surface area contributed by atoms with Gasteiger partial charge in [0.15, 0.2) is 0 Å². The summed E-state index contributed by atoms with van der Waals surface area (Å²) in [5.41, 5.74) is -0.106. The van der Waals surface area contributed by atoms with Gasteiger partial charge in [0.25, 0.3) is 0 Å². The van der Waals surface area contributed by atoms with Crippen LogP contribution < -0.4 is 4.90 Å². The number of morpholine rings is 1.